The fraction of sp³-hybridized carbons (Fsp3) is 0.200. The lowest BCUT2D eigenvalue weighted by atomic mass is 10.1. The van der Waals surface area contributed by atoms with Crippen molar-refractivity contribution in [2.45, 2.75) is 13.0 Å². The number of benzene rings is 1. The molecule has 0 aromatic heterocycles. The molecule has 0 atom stereocenters. The van der Waals surface area contributed by atoms with Crippen molar-refractivity contribution in [1.82, 2.24) is 5.32 Å². The average molecular weight is 264 g/mol. The number of halogens is 5. The summed E-state index contributed by atoms with van der Waals surface area (Å²) in [5.74, 6) is -11.3. The Balaban J connectivity index is 3.04. The van der Waals surface area contributed by atoms with Gasteiger partial charge in [0.2, 0.25) is 11.7 Å². The quantitative estimate of drug-likeness (QED) is 0.515. The largest absolute Gasteiger partial charge is 0.351 e. The smallest absolute Gasteiger partial charge is 0.234 e. The lowest BCUT2D eigenvalue weighted by molar-refractivity contribution is -0.120. The van der Waals surface area contributed by atoms with E-state index in [1.165, 1.54) is 6.07 Å². The Labute approximate surface area is 97.8 Å². The molecule has 0 aliphatic carbocycles. The second kappa shape index (κ2) is 5.44. The van der Waals surface area contributed by atoms with Crippen LogP contribution in [0, 0.1) is 40.4 Å². The maximum absolute atomic E-state index is 13.1. The molecule has 0 bridgehead atoms. The highest BCUT2D eigenvalue weighted by Crippen LogP contribution is 2.22. The van der Waals surface area contributed by atoms with Crippen molar-refractivity contribution in [2.75, 3.05) is 0 Å². The number of carbonyl (C=O) groups excluding carboxylic acids is 1. The molecule has 1 amide bonds. The van der Waals surface area contributed by atoms with Crippen LogP contribution in [0.1, 0.15) is 12.0 Å². The van der Waals surface area contributed by atoms with Gasteiger partial charge in [-0.3, -0.25) is 4.79 Å². The summed E-state index contributed by atoms with van der Waals surface area (Å²) >= 11 is 0. The molecule has 1 aromatic rings. The predicted molar refractivity (Wildman–Crippen MR) is 48.3 cm³/mol. The molecule has 1 aromatic carbocycles. The van der Waals surface area contributed by atoms with Gasteiger partial charge in [0.25, 0.3) is 0 Å². The van der Waals surface area contributed by atoms with Crippen molar-refractivity contribution >= 4 is 5.91 Å². The molecule has 0 spiro atoms. The Kier molecular flexibility index (Phi) is 4.20. The lowest BCUT2D eigenvalue weighted by Gasteiger charge is -2.08. The summed E-state index contributed by atoms with van der Waals surface area (Å²) in [6.07, 6.45) is -0.588. The molecule has 8 heteroatoms. The van der Waals surface area contributed by atoms with E-state index in [0.29, 0.717) is 0 Å². The Bertz CT molecular complexity index is 509. The molecule has 0 unspecified atom stereocenters. The van der Waals surface area contributed by atoms with Gasteiger partial charge < -0.3 is 5.32 Å². The van der Waals surface area contributed by atoms with Crippen LogP contribution in [0.5, 0.6) is 0 Å². The highest BCUT2D eigenvalue weighted by Gasteiger charge is 2.25. The van der Waals surface area contributed by atoms with Crippen molar-refractivity contribution in [3.8, 4) is 6.07 Å². The zero-order valence-corrected chi connectivity index (χ0v) is 8.66. The van der Waals surface area contributed by atoms with Crippen LogP contribution < -0.4 is 5.32 Å². The van der Waals surface area contributed by atoms with Gasteiger partial charge in [-0.25, -0.2) is 22.0 Å². The highest BCUT2D eigenvalue weighted by molar-refractivity contribution is 5.77. The third-order valence-corrected chi connectivity index (χ3v) is 2.00. The molecule has 0 fully saturated rings. The Hall–Kier alpha value is -2.17. The lowest BCUT2D eigenvalue weighted by Crippen LogP contribution is -2.24. The van der Waals surface area contributed by atoms with E-state index in [9.17, 15) is 26.7 Å². The molecule has 0 saturated heterocycles. The second-order valence-electron chi connectivity index (χ2n) is 3.16. The normalized spacial score (nSPS) is 10.0. The molecule has 18 heavy (non-hydrogen) atoms. The van der Waals surface area contributed by atoms with Gasteiger partial charge in [0.05, 0.1) is 6.07 Å². The van der Waals surface area contributed by atoms with Crippen molar-refractivity contribution in [1.29, 1.82) is 5.26 Å². The van der Waals surface area contributed by atoms with Crippen LogP contribution in [0.4, 0.5) is 22.0 Å². The first kappa shape index (κ1) is 13.9. The molecule has 1 N–H and O–H groups in total. The Morgan fingerprint density at radius 1 is 1.00 bits per heavy atom. The SMILES string of the molecule is N#CCC(=O)NCc1c(F)c(F)c(F)c(F)c1F. The molecule has 0 heterocycles. The van der Waals surface area contributed by atoms with E-state index in [0.717, 1.165) is 0 Å². The number of nitrogens with one attached hydrogen (secondary N) is 1. The van der Waals surface area contributed by atoms with Gasteiger partial charge in [-0.1, -0.05) is 0 Å². The molecule has 0 saturated carbocycles. The fourth-order valence-corrected chi connectivity index (χ4v) is 1.13. The number of carbonyl (C=O) groups is 1. The number of amides is 1. The van der Waals surface area contributed by atoms with Crippen molar-refractivity contribution in [2.24, 2.45) is 0 Å². The molecule has 0 aliphatic rings. The van der Waals surface area contributed by atoms with Crippen molar-refractivity contribution in [3.63, 3.8) is 0 Å². The standard InChI is InChI=1S/C10H5F5N2O/c11-6-4(3-17-5(18)1-2-16)7(12)9(14)10(15)8(6)13/h1,3H2,(H,17,18). The van der Waals surface area contributed by atoms with Gasteiger partial charge in [0, 0.05) is 12.1 Å². The van der Waals surface area contributed by atoms with E-state index >= 15 is 0 Å². The number of hydrogen-bond donors (Lipinski definition) is 1. The van der Waals surface area contributed by atoms with Crippen LogP contribution in [0.15, 0.2) is 0 Å². The molecule has 3 nitrogen and oxygen atoms in total. The van der Waals surface area contributed by atoms with E-state index in [-0.39, 0.29) is 0 Å². The van der Waals surface area contributed by atoms with Gasteiger partial charge in [-0.2, -0.15) is 5.26 Å². The Morgan fingerprint density at radius 2 is 1.44 bits per heavy atom. The van der Waals surface area contributed by atoms with Crippen molar-refractivity contribution in [3.05, 3.63) is 34.6 Å². The third kappa shape index (κ3) is 2.56. The van der Waals surface area contributed by atoms with Gasteiger partial charge in [-0.15, -0.1) is 0 Å². The number of nitrogens with zero attached hydrogens (tertiary/aromatic N) is 1. The Morgan fingerprint density at radius 3 is 1.89 bits per heavy atom. The summed E-state index contributed by atoms with van der Waals surface area (Å²) in [5, 5.41) is 10.00. The minimum Gasteiger partial charge on any atom is -0.351 e. The number of hydrogen-bond acceptors (Lipinski definition) is 2. The first-order valence-electron chi connectivity index (χ1n) is 4.54. The third-order valence-electron chi connectivity index (χ3n) is 2.00. The average Bonchev–Trinajstić information content (AvgIpc) is 2.34. The molecular weight excluding hydrogens is 259 g/mol. The molecule has 0 radical (unpaired) electrons. The first-order valence-corrected chi connectivity index (χ1v) is 4.54. The monoisotopic (exact) mass is 264 g/mol. The van der Waals surface area contributed by atoms with Crippen LogP contribution in [0.25, 0.3) is 0 Å². The molecule has 96 valence electrons. The van der Waals surface area contributed by atoms with Crippen LogP contribution >= 0.6 is 0 Å². The van der Waals surface area contributed by atoms with Gasteiger partial charge >= 0.3 is 0 Å². The number of nitriles is 1. The van der Waals surface area contributed by atoms with Crippen LogP contribution in [-0.4, -0.2) is 5.91 Å². The van der Waals surface area contributed by atoms with Gasteiger partial charge in [0.1, 0.15) is 6.42 Å². The van der Waals surface area contributed by atoms with E-state index < -0.39 is 53.5 Å². The molecule has 0 aliphatic heterocycles. The van der Waals surface area contributed by atoms with Gasteiger partial charge in [0.15, 0.2) is 23.3 Å². The van der Waals surface area contributed by atoms with Crippen molar-refractivity contribution < 1.29 is 26.7 Å². The number of rotatable bonds is 3. The van der Waals surface area contributed by atoms with Crippen LogP contribution in [0.3, 0.4) is 0 Å². The fourth-order valence-electron chi connectivity index (χ4n) is 1.13. The highest BCUT2D eigenvalue weighted by atomic mass is 19.2. The van der Waals surface area contributed by atoms with E-state index in [1.54, 1.807) is 0 Å². The summed E-state index contributed by atoms with van der Waals surface area (Å²) in [6, 6.07) is 1.46. The predicted octanol–water partition coefficient (Wildman–Crippen LogP) is 1.91. The van der Waals surface area contributed by atoms with E-state index in [4.69, 9.17) is 5.26 Å². The summed E-state index contributed by atoms with van der Waals surface area (Å²) in [6.45, 7) is -0.897. The minimum absolute atomic E-state index is 0.588. The van der Waals surface area contributed by atoms with Gasteiger partial charge in [-0.05, 0) is 0 Å². The summed E-state index contributed by atoms with van der Waals surface area (Å²) in [7, 11) is 0. The minimum atomic E-state index is -2.27. The summed E-state index contributed by atoms with van der Waals surface area (Å²) < 4.78 is 64.4. The maximum Gasteiger partial charge on any atom is 0.234 e. The summed E-state index contributed by atoms with van der Waals surface area (Å²) in [4.78, 5) is 10.8. The van der Waals surface area contributed by atoms with Crippen LogP contribution in [0.2, 0.25) is 0 Å². The zero-order chi connectivity index (χ0) is 13.9. The van der Waals surface area contributed by atoms with E-state index in [1.807, 2.05) is 5.32 Å². The van der Waals surface area contributed by atoms with E-state index in [2.05, 4.69) is 0 Å². The summed E-state index contributed by atoms with van der Waals surface area (Å²) in [5.41, 5.74) is -1.15. The first-order chi connectivity index (χ1) is 8.40. The topological polar surface area (TPSA) is 52.9 Å². The maximum atomic E-state index is 13.1. The molecule has 1 rings (SSSR count). The zero-order valence-electron chi connectivity index (χ0n) is 8.66. The molecular formula is C10H5F5N2O. The second-order valence-corrected chi connectivity index (χ2v) is 3.16. The van der Waals surface area contributed by atoms with Crippen LogP contribution in [-0.2, 0) is 11.3 Å².